The molecule has 2 heterocycles. The van der Waals surface area contributed by atoms with Gasteiger partial charge in [-0.1, -0.05) is 37.1 Å². The van der Waals surface area contributed by atoms with Crippen molar-refractivity contribution in [2.24, 2.45) is 0 Å². The van der Waals surface area contributed by atoms with Crippen LogP contribution < -0.4 is 5.32 Å². The molecule has 1 aromatic rings. The SMILES string of the molecule is c1ccc2c(c1)CCNC2CC1CCC2(CCCC2)O1. The van der Waals surface area contributed by atoms with Crippen molar-refractivity contribution >= 4 is 0 Å². The zero-order chi connectivity index (χ0) is 13.4. The normalized spacial score (nSPS) is 31.6. The van der Waals surface area contributed by atoms with Crippen LogP contribution in [0.4, 0.5) is 0 Å². The summed E-state index contributed by atoms with van der Waals surface area (Å²) in [6.45, 7) is 1.11. The second-order valence-electron chi connectivity index (χ2n) is 6.86. The number of hydrogen-bond acceptors (Lipinski definition) is 2. The Bertz CT molecular complexity index is 478. The monoisotopic (exact) mass is 271 g/mol. The van der Waals surface area contributed by atoms with Crippen LogP contribution in [0.1, 0.15) is 62.1 Å². The summed E-state index contributed by atoms with van der Waals surface area (Å²) in [7, 11) is 0. The predicted octanol–water partition coefficient (Wildman–Crippen LogP) is 3.76. The summed E-state index contributed by atoms with van der Waals surface area (Å²) in [6, 6.07) is 9.43. The number of fused-ring (bicyclic) bond motifs is 1. The van der Waals surface area contributed by atoms with Crippen molar-refractivity contribution in [1.29, 1.82) is 0 Å². The number of ether oxygens (including phenoxy) is 1. The molecular weight excluding hydrogens is 246 g/mol. The van der Waals surface area contributed by atoms with E-state index in [0.29, 0.717) is 12.1 Å². The Hall–Kier alpha value is -0.860. The third-order valence-corrected chi connectivity index (χ3v) is 5.57. The first kappa shape index (κ1) is 12.8. The Labute approximate surface area is 121 Å². The summed E-state index contributed by atoms with van der Waals surface area (Å²) in [4.78, 5) is 0. The van der Waals surface area contributed by atoms with E-state index in [1.165, 1.54) is 56.1 Å². The molecule has 2 fully saturated rings. The van der Waals surface area contributed by atoms with Crippen LogP contribution in [-0.2, 0) is 11.2 Å². The minimum absolute atomic E-state index is 0.277. The van der Waals surface area contributed by atoms with Crippen molar-refractivity contribution in [1.82, 2.24) is 5.32 Å². The third kappa shape index (κ3) is 2.29. The molecule has 108 valence electrons. The number of benzene rings is 1. The molecule has 0 aromatic heterocycles. The van der Waals surface area contributed by atoms with E-state index in [-0.39, 0.29) is 5.60 Å². The van der Waals surface area contributed by atoms with Crippen molar-refractivity contribution in [2.45, 2.75) is 69.1 Å². The van der Waals surface area contributed by atoms with Gasteiger partial charge in [-0.25, -0.2) is 0 Å². The molecule has 0 radical (unpaired) electrons. The molecule has 2 unspecified atom stereocenters. The van der Waals surface area contributed by atoms with E-state index in [0.717, 1.165) is 13.0 Å². The Kier molecular flexibility index (Phi) is 3.31. The van der Waals surface area contributed by atoms with Crippen LogP contribution >= 0.6 is 0 Å². The van der Waals surface area contributed by atoms with Crippen molar-refractivity contribution in [3.63, 3.8) is 0 Å². The molecular formula is C18H25NO. The summed E-state index contributed by atoms with van der Waals surface area (Å²) in [5, 5.41) is 3.70. The van der Waals surface area contributed by atoms with E-state index in [4.69, 9.17) is 4.74 Å². The lowest BCUT2D eigenvalue weighted by Crippen LogP contribution is -2.33. The van der Waals surface area contributed by atoms with Crippen molar-refractivity contribution in [3.05, 3.63) is 35.4 Å². The van der Waals surface area contributed by atoms with Gasteiger partial charge >= 0.3 is 0 Å². The topological polar surface area (TPSA) is 21.3 Å². The molecule has 1 spiro atoms. The average molecular weight is 271 g/mol. The van der Waals surface area contributed by atoms with Gasteiger partial charge in [-0.05, 0) is 56.2 Å². The number of nitrogens with one attached hydrogen (secondary N) is 1. The molecule has 1 N–H and O–H groups in total. The Morgan fingerprint density at radius 1 is 1.15 bits per heavy atom. The zero-order valence-corrected chi connectivity index (χ0v) is 12.2. The maximum atomic E-state index is 6.49. The van der Waals surface area contributed by atoms with Gasteiger partial charge in [0.2, 0.25) is 0 Å². The van der Waals surface area contributed by atoms with Gasteiger partial charge in [0.25, 0.3) is 0 Å². The third-order valence-electron chi connectivity index (χ3n) is 5.57. The highest BCUT2D eigenvalue weighted by Gasteiger charge is 2.42. The second-order valence-corrected chi connectivity index (χ2v) is 6.86. The summed E-state index contributed by atoms with van der Waals surface area (Å²) >= 11 is 0. The van der Waals surface area contributed by atoms with Crippen molar-refractivity contribution < 1.29 is 4.74 Å². The first-order valence-electron chi connectivity index (χ1n) is 8.34. The molecule has 2 heteroatoms. The van der Waals surface area contributed by atoms with Crippen LogP contribution in [0.25, 0.3) is 0 Å². The predicted molar refractivity (Wildman–Crippen MR) is 80.8 cm³/mol. The zero-order valence-electron chi connectivity index (χ0n) is 12.2. The van der Waals surface area contributed by atoms with Crippen LogP contribution in [0, 0.1) is 0 Å². The first-order chi connectivity index (χ1) is 9.85. The molecule has 2 atom stereocenters. The van der Waals surface area contributed by atoms with E-state index < -0.39 is 0 Å². The molecule has 3 aliphatic rings. The highest BCUT2D eigenvalue weighted by Crippen LogP contribution is 2.45. The van der Waals surface area contributed by atoms with Gasteiger partial charge in [-0.3, -0.25) is 0 Å². The molecule has 0 amide bonds. The van der Waals surface area contributed by atoms with Crippen molar-refractivity contribution in [2.75, 3.05) is 6.54 Å². The summed E-state index contributed by atoms with van der Waals surface area (Å²) < 4.78 is 6.49. The average Bonchev–Trinajstić information content (AvgIpc) is 3.10. The molecule has 1 aromatic carbocycles. The van der Waals surface area contributed by atoms with E-state index in [2.05, 4.69) is 29.6 Å². The fraction of sp³-hybridized carbons (Fsp3) is 0.667. The molecule has 20 heavy (non-hydrogen) atoms. The molecule has 1 saturated carbocycles. The maximum Gasteiger partial charge on any atom is 0.0687 e. The second kappa shape index (κ2) is 5.16. The molecule has 2 nitrogen and oxygen atoms in total. The van der Waals surface area contributed by atoms with Crippen LogP contribution in [-0.4, -0.2) is 18.2 Å². The lowest BCUT2D eigenvalue weighted by molar-refractivity contribution is -0.0423. The largest absolute Gasteiger partial charge is 0.372 e. The Balaban J connectivity index is 1.45. The fourth-order valence-electron chi connectivity index (χ4n) is 4.51. The van der Waals surface area contributed by atoms with E-state index in [9.17, 15) is 0 Å². The van der Waals surface area contributed by atoms with Crippen LogP contribution in [0.2, 0.25) is 0 Å². The Morgan fingerprint density at radius 3 is 2.90 bits per heavy atom. The molecule has 0 bridgehead atoms. The van der Waals surface area contributed by atoms with Crippen LogP contribution in [0.15, 0.2) is 24.3 Å². The van der Waals surface area contributed by atoms with Gasteiger partial charge < -0.3 is 10.1 Å². The maximum absolute atomic E-state index is 6.49. The van der Waals surface area contributed by atoms with Gasteiger partial charge in [0.1, 0.15) is 0 Å². The van der Waals surface area contributed by atoms with E-state index >= 15 is 0 Å². The minimum Gasteiger partial charge on any atom is -0.372 e. The highest BCUT2D eigenvalue weighted by molar-refractivity contribution is 5.32. The highest BCUT2D eigenvalue weighted by atomic mass is 16.5. The number of hydrogen-bond donors (Lipinski definition) is 1. The molecule has 4 rings (SSSR count). The van der Waals surface area contributed by atoms with Gasteiger partial charge in [0, 0.05) is 6.04 Å². The van der Waals surface area contributed by atoms with Crippen molar-refractivity contribution in [3.8, 4) is 0 Å². The summed E-state index contributed by atoms with van der Waals surface area (Å²) in [5.74, 6) is 0. The van der Waals surface area contributed by atoms with Gasteiger partial charge in [0.05, 0.1) is 11.7 Å². The van der Waals surface area contributed by atoms with E-state index in [1.54, 1.807) is 0 Å². The van der Waals surface area contributed by atoms with Gasteiger partial charge in [-0.2, -0.15) is 0 Å². The van der Waals surface area contributed by atoms with Gasteiger partial charge in [-0.15, -0.1) is 0 Å². The fourth-order valence-corrected chi connectivity index (χ4v) is 4.51. The quantitative estimate of drug-likeness (QED) is 0.884. The Morgan fingerprint density at radius 2 is 2.00 bits per heavy atom. The minimum atomic E-state index is 0.277. The standard InChI is InChI=1S/C18H25NO/c1-2-6-16-14(5-1)8-12-19-17(16)13-15-7-11-18(20-15)9-3-4-10-18/h1-2,5-6,15,17,19H,3-4,7-13H2. The smallest absolute Gasteiger partial charge is 0.0687 e. The summed E-state index contributed by atoms with van der Waals surface area (Å²) in [5.41, 5.74) is 3.32. The molecule has 1 saturated heterocycles. The summed E-state index contributed by atoms with van der Waals surface area (Å²) in [6.07, 6.45) is 10.7. The van der Waals surface area contributed by atoms with Gasteiger partial charge in [0.15, 0.2) is 0 Å². The van der Waals surface area contributed by atoms with E-state index in [1.807, 2.05) is 0 Å². The lowest BCUT2D eigenvalue weighted by Gasteiger charge is -2.30. The van der Waals surface area contributed by atoms with Crippen LogP contribution in [0.5, 0.6) is 0 Å². The number of rotatable bonds is 2. The van der Waals surface area contributed by atoms with Crippen LogP contribution in [0.3, 0.4) is 0 Å². The first-order valence-corrected chi connectivity index (χ1v) is 8.34. The lowest BCUT2D eigenvalue weighted by atomic mass is 9.90. The molecule has 1 aliphatic carbocycles. The molecule has 2 aliphatic heterocycles.